The summed E-state index contributed by atoms with van der Waals surface area (Å²) < 4.78 is 1.06. The van der Waals surface area contributed by atoms with Gasteiger partial charge in [0.2, 0.25) is 0 Å². The lowest BCUT2D eigenvalue weighted by Gasteiger charge is -1.76. The zero-order valence-electron chi connectivity index (χ0n) is 3.41. The van der Waals surface area contributed by atoms with Gasteiger partial charge in [0.15, 0.2) is 6.29 Å². The summed E-state index contributed by atoms with van der Waals surface area (Å²) in [4.78, 5) is 9.44. The maximum absolute atomic E-state index is 9.44. The minimum Gasteiger partial charge on any atom is -0.291 e. The third-order valence-electron chi connectivity index (χ3n) is 0.412. The van der Waals surface area contributed by atoms with Gasteiger partial charge in [0.05, 0.1) is 0 Å². The zero-order valence-corrected chi connectivity index (χ0v) is 5.57. The molecule has 0 aromatic carbocycles. The lowest BCUT2D eigenvalue weighted by Crippen LogP contribution is -1.73. The zero-order chi connectivity index (χ0) is 4.83. The predicted molar refractivity (Wildman–Crippen MR) is 33.8 cm³/mol. The van der Waals surface area contributed by atoms with E-state index in [1.807, 2.05) is 6.29 Å². The second-order valence-electron chi connectivity index (χ2n) is 0.937. The lowest BCUT2D eigenvalue weighted by molar-refractivity contribution is 0.551. The molecule has 0 saturated heterocycles. The Morgan fingerprint density at radius 3 is 2.50 bits per heavy atom. The average Bonchev–Trinajstić information content (AvgIpc) is 1.61. The van der Waals surface area contributed by atoms with Crippen LogP contribution in [0.4, 0.5) is 0 Å². The van der Waals surface area contributed by atoms with Crippen LogP contribution in [0.1, 0.15) is 12.8 Å². The Bertz CT molecular complexity index is 36.5. The van der Waals surface area contributed by atoms with Crippen LogP contribution in [0.5, 0.6) is 0 Å². The summed E-state index contributed by atoms with van der Waals surface area (Å²) in [6.45, 7) is 0. The molecule has 0 N–H and O–H groups in total. The van der Waals surface area contributed by atoms with Crippen molar-refractivity contribution in [3.05, 3.63) is 0 Å². The summed E-state index contributed by atoms with van der Waals surface area (Å²) in [7, 11) is 0. The van der Waals surface area contributed by atoms with E-state index in [1.54, 1.807) is 0 Å². The van der Waals surface area contributed by atoms with Crippen LogP contribution in [-0.4, -0.2) is 10.7 Å². The highest BCUT2D eigenvalue weighted by Crippen LogP contribution is 1.89. The topological polar surface area (TPSA) is 17.1 Å². The molecular formula is C4H6IO. The average molecular weight is 197 g/mol. The first-order chi connectivity index (χ1) is 2.91. The van der Waals surface area contributed by atoms with Crippen molar-refractivity contribution in [2.45, 2.75) is 12.8 Å². The Morgan fingerprint density at radius 1 is 1.67 bits per heavy atom. The van der Waals surface area contributed by atoms with Crippen LogP contribution in [-0.2, 0) is 4.79 Å². The maximum atomic E-state index is 9.44. The van der Waals surface area contributed by atoms with Gasteiger partial charge in [0.25, 0.3) is 0 Å². The summed E-state index contributed by atoms with van der Waals surface area (Å²) in [5.74, 6) is 0. The minimum absolute atomic E-state index is 0.600. The van der Waals surface area contributed by atoms with Gasteiger partial charge in [0, 0.05) is 6.42 Å². The smallest absolute Gasteiger partial charge is 0.198 e. The van der Waals surface area contributed by atoms with Crippen molar-refractivity contribution in [1.82, 2.24) is 0 Å². The first-order valence-electron chi connectivity index (χ1n) is 1.82. The van der Waals surface area contributed by atoms with Gasteiger partial charge >= 0.3 is 0 Å². The van der Waals surface area contributed by atoms with E-state index in [0.717, 1.165) is 10.8 Å². The molecule has 1 radical (unpaired) electrons. The van der Waals surface area contributed by atoms with E-state index in [0.29, 0.717) is 6.42 Å². The second kappa shape index (κ2) is 5.40. The van der Waals surface area contributed by atoms with E-state index in [1.165, 1.54) is 0 Å². The number of carbonyl (C=O) groups excluding carboxylic acids is 1. The summed E-state index contributed by atoms with van der Waals surface area (Å²) in [6, 6.07) is 0. The predicted octanol–water partition coefficient (Wildman–Crippen LogP) is 1.31. The summed E-state index contributed by atoms with van der Waals surface area (Å²) in [6.07, 6.45) is 3.39. The van der Waals surface area contributed by atoms with E-state index < -0.39 is 0 Å². The van der Waals surface area contributed by atoms with E-state index in [2.05, 4.69) is 22.6 Å². The highest BCUT2D eigenvalue weighted by Gasteiger charge is 1.77. The number of unbranched alkanes of at least 4 members (excludes halogenated alkanes) is 1. The molecule has 0 amide bonds. The highest BCUT2D eigenvalue weighted by atomic mass is 127. The van der Waals surface area contributed by atoms with Crippen LogP contribution in [0.3, 0.4) is 0 Å². The number of halogens is 1. The monoisotopic (exact) mass is 197 g/mol. The first-order valence-corrected chi connectivity index (χ1v) is 3.35. The molecule has 0 atom stereocenters. The third kappa shape index (κ3) is 4.40. The minimum atomic E-state index is 0.600. The molecule has 0 unspecified atom stereocenters. The number of rotatable bonds is 3. The van der Waals surface area contributed by atoms with Gasteiger partial charge in [-0.2, -0.15) is 0 Å². The van der Waals surface area contributed by atoms with Gasteiger partial charge in [-0.1, -0.05) is 22.6 Å². The Balaban J connectivity index is 2.49. The van der Waals surface area contributed by atoms with Crippen molar-refractivity contribution < 1.29 is 4.79 Å². The fourth-order valence-electron chi connectivity index (χ4n) is 0.139. The van der Waals surface area contributed by atoms with Crippen LogP contribution in [0.2, 0.25) is 0 Å². The molecule has 0 rings (SSSR count). The fourth-order valence-corrected chi connectivity index (χ4v) is 0.520. The third-order valence-corrected chi connectivity index (χ3v) is 1.18. The van der Waals surface area contributed by atoms with Gasteiger partial charge in [0.1, 0.15) is 0 Å². The fraction of sp³-hybridized carbons (Fsp3) is 0.750. The molecule has 0 aliphatic carbocycles. The van der Waals surface area contributed by atoms with Crippen LogP contribution >= 0.6 is 22.6 Å². The lowest BCUT2D eigenvalue weighted by atomic mass is 10.4. The molecule has 1 nitrogen and oxygen atoms in total. The Kier molecular flexibility index (Phi) is 5.76. The number of alkyl halides is 1. The number of hydrogen-bond acceptors (Lipinski definition) is 1. The first kappa shape index (κ1) is 6.40. The van der Waals surface area contributed by atoms with Crippen LogP contribution in [0.25, 0.3) is 0 Å². The van der Waals surface area contributed by atoms with Crippen molar-refractivity contribution in [3.8, 4) is 0 Å². The molecule has 0 aliphatic heterocycles. The Hall–Kier alpha value is 0.400. The van der Waals surface area contributed by atoms with E-state index in [9.17, 15) is 4.79 Å². The quantitative estimate of drug-likeness (QED) is 0.378. The molecule has 0 aliphatic rings. The Labute approximate surface area is 51.3 Å². The molecule has 2 heteroatoms. The standard InChI is InChI=1S/C4H6IO/c5-3-1-2-4-6/h1-3H2. The summed E-state index contributed by atoms with van der Waals surface area (Å²) in [5.41, 5.74) is 0. The molecule has 0 fully saturated rings. The van der Waals surface area contributed by atoms with Crippen LogP contribution in [0.15, 0.2) is 0 Å². The van der Waals surface area contributed by atoms with Crippen molar-refractivity contribution in [1.29, 1.82) is 0 Å². The van der Waals surface area contributed by atoms with E-state index in [4.69, 9.17) is 0 Å². The van der Waals surface area contributed by atoms with E-state index in [-0.39, 0.29) is 0 Å². The molecule has 0 aromatic heterocycles. The van der Waals surface area contributed by atoms with Gasteiger partial charge in [-0.25, -0.2) is 0 Å². The van der Waals surface area contributed by atoms with Crippen LogP contribution in [0, 0.1) is 0 Å². The van der Waals surface area contributed by atoms with E-state index >= 15 is 0 Å². The molecule has 0 saturated carbocycles. The van der Waals surface area contributed by atoms with Crippen molar-refractivity contribution in [2.75, 3.05) is 4.43 Å². The van der Waals surface area contributed by atoms with Crippen molar-refractivity contribution in [3.63, 3.8) is 0 Å². The molecule has 35 valence electrons. The summed E-state index contributed by atoms with van der Waals surface area (Å²) in [5, 5.41) is 0. The van der Waals surface area contributed by atoms with Gasteiger partial charge in [-0.05, 0) is 10.8 Å². The largest absolute Gasteiger partial charge is 0.291 e. The second-order valence-corrected chi connectivity index (χ2v) is 2.02. The van der Waals surface area contributed by atoms with Crippen LogP contribution < -0.4 is 0 Å². The van der Waals surface area contributed by atoms with Gasteiger partial charge in [-0.15, -0.1) is 0 Å². The molecular weight excluding hydrogens is 191 g/mol. The van der Waals surface area contributed by atoms with Crippen molar-refractivity contribution in [2.24, 2.45) is 0 Å². The van der Waals surface area contributed by atoms with Gasteiger partial charge < -0.3 is 0 Å². The molecule has 0 aromatic rings. The maximum Gasteiger partial charge on any atom is 0.198 e. The summed E-state index contributed by atoms with van der Waals surface area (Å²) >= 11 is 2.23. The van der Waals surface area contributed by atoms with Crippen molar-refractivity contribution >= 4 is 28.9 Å². The molecule has 6 heavy (non-hydrogen) atoms. The number of hydrogen-bond donors (Lipinski definition) is 0. The molecule has 0 heterocycles. The SMILES string of the molecule is O=[C]CCCI. The molecule has 0 bridgehead atoms. The van der Waals surface area contributed by atoms with Gasteiger partial charge in [-0.3, -0.25) is 4.79 Å². The molecule has 0 spiro atoms. The Morgan fingerprint density at radius 2 is 2.33 bits per heavy atom. The normalized spacial score (nSPS) is 8.17. The highest BCUT2D eigenvalue weighted by molar-refractivity contribution is 14.1.